The number of carbonyl (C=O) groups excluding carboxylic acids is 1. The van der Waals surface area contributed by atoms with Crippen LogP contribution in [-0.4, -0.2) is 76.0 Å². The van der Waals surface area contributed by atoms with Crippen LogP contribution in [-0.2, 0) is 6.42 Å². The van der Waals surface area contributed by atoms with Crippen molar-refractivity contribution < 1.29 is 14.6 Å². The average molecular weight is 556 g/mol. The van der Waals surface area contributed by atoms with E-state index < -0.39 is 12.3 Å². The number of fused-ring (bicyclic) bond motifs is 2. The zero-order chi connectivity index (χ0) is 28.3. The first-order valence-electron chi connectivity index (χ1n) is 14.4. The lowest BCUT2D eigenvalue weighted by Crippen LogP contribution is -2.55. The van der Waals surface area contributed by atoms with Crippen LogP contribution in [0, 0.1) is 0 Å². The Morgan fingerprint density at radius 3 is 2.88 bits per heavy atom. The van der Waals surface area contributed by atoms with Crippen molar-refractivity contribution in [1.29, 1.82) is 0 Å². The highest BCUT2D eigenvalue weighted by atomic mass is 16.5. The van der Waals surface area contributed by atoms with E-state index in [0.717, 1.165) is 55.9 Å². The van der Waals surface area contributed by atoms with Crippen LogP contribution in [0.25, 0.3) is 22.2 Å². The van der Waals surface area contributed by atoms with E-state index in [0.29, 0.717) is 30.9 Å². The van der Waals surface area contributed by atoms with E-state index in [9.17, 15) is 9.90 Å². The number of hydrogen-bond donors (Lipinski definition) is 3. The van der Waals surface area contributed by atoms with Crippen molar-refractivity contribution in [2.24, 2.45) is 5.73 Å². The second kappa shape index (κ2) is 11.8. The van der Waals surface area contributed by atoms with Crippen LogP contribution in [0.15, 0.2) is 61.1 Å². The lowest BCUT2D eigenvalue weighted by atomic mass is 9.95. The zero-order valence-electron chi connectivity index (χ0n) is 23.4. The number of piperazine rings is 1. The molecule has 2 unspecified atom stereocenters. The van der Waals surface area contributed by atoms with Crippen LogP contribution >= 0.6 is 0 Å². The fourth-order valence-electron chi connectivity index (χ4n) is 6.10. The smallest absolute Gasteiger partial charge is 0.320 e. The van der Waals surface area contributed by atoms with Gasteiger partial charge in [0.1, 0.15) is 29.8 Å². The number of ether oxygens (including phenoxy) is 1. The third-order valence-electron chi connectivity index (χ3n) is 8.18. The highest BCUT2D eigenvalue weighted by Crippen LogP contribution is 2.44. The molecule has 10 heteroatoms. The maximum atomic E-state index is 12.2. The molecule has 0 saturated carbocycles. The normalized spacial score (nSPS) is 18.1. The maximum absolute atomic E-state index is 12.2. The van der Waals surface area contributed by atoms with Gasteiger partial charge in [-0.1, -0.05) is 42.5 Å². The van der Waals surface area contributed by atoms with Crippen LogP contribution in [0.1, 0.15) is 31.7 Å². The number of rotatable bonds is 8. The molecular formula is C31H37N7O3. The summed E-state index contributed by atoms with van der Waals surface area (Å²) in [6.07, 6.45) is 5.71. The molecule has 214 valence electrons. The number of urea groups is 1. The van der Waals surface area contributed by atoms with Crippen LogP contribution in [0.3, 0.4) is 0 Å². The highest BCUT2D eigenvalue weighted by molar-refractivity contribution is 5.93. The number of benzene rings is 2. The van der Waals surface area contributed by atoms with Gasteiger partial charge < -0.3 is 25.5 Å². The van der Waals surface area contributed by atoms with E-state index in [1.807, 2.05) is 12.1 Å². The number of carbonyl (C=O) groups is 1. The number of nitrogens with zero attached hydrogens (tertiary/aromatic N) is 5. The number of nitrogens with two attached hydrogens (primary N) is 1. The van der Waals surface area contributed by atoms with Crippen LogP contribution in [0.5, 0.6) is 5.75 Å². The molecule has 2 aliphatic heterocycles. The van der Waals surface area contributed by atoms with Crippen molar-refractivity contribution in [3.63, 3.8) is 0 Å². The van der Waals surface area contributed by atoms with E-state index in [2.05, 4.69) is 68.1 Å². The Balaban J connectivity index is 1.12. The van der Waals surface area contributed by atoms with Gasteiger partial charge in [0.15, 0.2) is 0 Å². The van der Waals surface area contributed by atoms with Crippen LogP contribution in [0.2, 0.25) is 0 Å². The van der Waals surface area contributed by atoms with Gasteiger partial charge in [-0.25, -0.2) is 14.8 Å². The number of aromatic nitrogens is 3. The van der Waals surface area contributed by atoms with E-state index in [4.69, 9.17) is 10.5 Å². The first-order valence-corrected chi connectivity index (χ1v) is 14.4. The zero-order valence-corrected chi connectivity index (χ0v) is 23.4. The van der Waals surface area contributed by atoms with Gasteiger partial charge in [0, 0.05) is 49.4 Å². The third kappa shape index (κ3) is 5.57. The average Bonchev–Trinajstić information content (AvgIpc) is 3.43. The van der Waals surface area contributed by atoms with Gasteiger partial charge in [0.2, 0.25) is 0 Å². The standard InChI is InChI=1S/C31H37N7O3/c1-21-19-36(27(39)10-5-13-38(31(32)40)26-17-24-18-33-20-34-30(24)35-26)14-15-37(21)28-25(22-7-3-2-4-8-22)12-11-23-9-6-16-41-29(23)28/h2-4,7-8,11-12,17-18,20-21,27,39H,5-6,9-10,13-16,19H2,1H3,(H2,32,40)(H,33,34,35). The summed E-state index contributed by atoms with van der Waals surface area (Å²) in [4.78, 5) is 29.6. The van der Waals surface area contributed by atoms with E-state index in [-0.39, 0.29) is 6.04 Å². The molecule has 4 heterocycles. The number of hydrogen-bond acceptors (Lipinski definition) is 7. The monoisotopic (exact) mass is 555 g/mol. The summed E-state index contributed by atoms with van der Waals surface area (Å²) in [5.74, 6) is 1.58. The summed E-state index contributed by atoms with van der Waals surface area (Å²) in [5, 5.41) is 11.9. The van der Waals surface area contributed by atoms with Gasteiger partial charge in [0.05, 0.1) is 12.3 Å². The number of primary amides is 1. The molecule has 0 spiro atoms. The topological polar surface area (TPSA) is 124 Å². The fraction of sp³-hybridized carbons (Fsp3) is 0.387. The minimum Gasteiger partial charge on any atom is -0.491 e. The van der Waals surface area contributed by atoms with E-state index in [1.165, 1.54) is 27.9 Å². The predicted molar refractivity (Wildman–Crippen MR) is 160 cm³/mol. The summed E-state index contributed by atoms with van der Waals surface area (Å²) in [7, 11) is 0. The van der Waals surface area contributed by atoms with Gasteiger partial charge in [-0.3, -0.25) is 9.80 Å². The molecule has 2 aromatic heterocycles. The molecule has 2 atom stereocenters. The summed E-state index contributed by atoms with van der Waals surface area (Å²) in [5.41, 5.74) is 11.1. The van der Waals surface area contributed by atoms with Crippen molar-refractivity contribution in [2.75, 3.05) is 42.6 Å². The maximum Gasteiger partial charge on any atom is 0.320 e. The molecule has 0 bridgehead atoms. The molecule has 4 aromatic rings. The van der Waals surface area contributed by atoms with Gasteiger partial charge in [0.25, 0.3) is 0 Å². The number of H-pyrrole nitrogens is 1. The number of amides is 2. The van der Waals surface area contributed by atoms with Crippen molar-refractivity contribution in [1.82, 2.24) is 19.9 Å². The Kier molecular flexibility index (Phi) is 7.76. The lowest BCUT2D eigenvalue weighted by molar-refractivity contribution is -0.0130. The van der Waals surface area contributed by atoms with Gasteiger partial charge in [-0.2, -0.15) is 0 Å². The Labute approximate surface area is 239 Å². The van der Waals surface area contributed by atoms with Crippen molar-refractivity contribution in [3.8, 4) is 16.9 Å². The van der Waals surface area contributed by atoms with Crippen molar-refractivity contribution in [3.05, 3.63) is 66.6 Å². The Morgan fingerprint density at radius 1 is 1.24 bits per heavy atom. The molecule has 0 radical (unpaired) electrons. The van der Waals surface area contributed by atoms with Crippen molar-refractivity contribution >= 4 is 28.6 Å². The Bertz CT molecular complexity index is 1480. The third-order valence-corrected chi connectivity index (χ3v) is 8.18. The number of nitrogens with one attached hydrogen (secondary N) is 1. The van der Waals surface area contributed by atoms with Gasteiger partial charge >= 0.3 is 6.03 Å². The van der Waals surface area contributed by atoms with Crippen LogP contribution in [0.4, 0.5) is 16.3 Å². The fourth-order valence-corrected chi connectivity index (χ4v) is 6.10. The first kappa shape index (κ1) is 27.0. The SMILES string of the molecule is CC1CN(C(O)CCCN(C(N)=O)c2cc3cncnc3[nH]2)CCN1c1c(-c2ccccc2)ccc2c1OCCC2. The lowest BCUT2D eigenvalue weighted by Gasteiger charge is -2.44. The second-order valence-corrected chi connectivity index (χ2v) is 10.9. The predicted octanol–water partition coefficient (Wildman–Crippen LogP) is 4.14. The quantitative estimate of drug-likeness (QED) is 0.298. The minimum absolute atomic E-state index is 0.174. The number of aryl methyl sites for hydroxylation is 1. The summed E-state index contributed by atoms with van der Waals surface area (Å²) in [6.45, 7) is 5.56. The molecule has 0 aliphatic carbocycles. The molecule has 2 aromatic carbocycles. The minimum atomic E-state index is -0.613. The molecule has 2 aliphatic rings. The van der Waals surface area contributed by atoms with Gasteiger partial charge in [-0.05, 0) is 49.8 Å². The number of aliphatic hydroxyl groups excluding tert-OH is 1. The van der Waals surface area contributed by atoms with Gasteiger partial charge in [-0.15, -0.1) is 0 Å². The number of aliphatic hydroxyl groups is 1. The van der Waals surface area contributed by atoms with Crippen molar-refractivity contribution in [2.45, 2.75) is 44.9 Å². The largest absolute Gasteiger partial charge is 0.491 e. The second-order valence-electron chi connectivity index (χ2n) is 10.9. The molecule has 4 N–H and O–H groups in total. The summed E-state index contributed by atoms with van der Waals surface area (Å²) >= 11 is 0. The summed E-state index contributed by atoms with van der Waals surface area (Å²) in [6, 6.07) is 16.4. The number of aromatic amines is 1. The summed E-state index contributed by atoms with van der Waals surface area (Å²) < 4.78 is 6.29. The molecule has 1 fully saturated rings. The number of anilines is 2. The molecule has 6 rings (SSSR count). The van der Waals surface area contributed by atoms with E-state index in [1.54, 1.807) is 6.20 Å². The molecule has 2 amide bonds. The highest BCUT2D eigenvalue weighted by Gasteiger charge is 2.32. The Hall–Kier alpha value is -4.15. The van der Waals surface area contributed by atoms with Crippen LogP contribution < -0.4 is 20.3 Å². The molecular weight excluding hydrogens is 518 g/mol. The van der Waals surface area contributed by atoms with E-state index >= 15 is 0 Å². The molecule has 1 saturated heterocycles. The molecule has 10 nitrogen and oxygen atoms in total. The first-order chi connectivity index (χ1) is 20.0. The Morgan fingerprint density at radius 2 is 2.10 bits per heavy atom. The molecule has 41 heavy (non-hydrogen) atoms.